The minimum Gasteiger partial charge on any atom is -0.454 e. The first-order valence-corrected chi connectivity index (χ1v) is 11.7. The van der Waals surface area contributed by atoms with Crippen molar-refractivity contribution in [2.45, 2.75) is 37.6 Å². The van der Waals surface area contributed by atoms with Crippen LogP contribution >= 0.6 is 12.2 Å². The van der Waals surface area contributed by atoms with E-state index in [0.717, 1.165) is 12.1 Å². The van der Waals surface area contributed by atoms with Gasteiger partial charge in [-0.15, -0.1) is 0 Å². The average Bonchev–Trinajstić information content (AvgIpc) is 3.30. The summed E-state index contributed by atoms with van der Waals surface area (Å²) >= 11 is 5.32. The number of amides is 1. The predicted octanol–water partition coefficient (Wildman–Crippen LogP) is 3.71. The number of ether oxygens (including phenoxy) is 2. The van der Waals surface area contributed by atoms with Crippen LogP contribution in [0.25, 0.3) is 10.9 Å². The largest absolute Gasteiger partial charge is 0.454 e. The highest BCUT2D eigenvalue weighted by atomic mass is 32.1. The van der Waals surface area contributed by atoms with Gasteiger partial charge in [0, 0.05) is 32.1 Å². The van der Waals surface area contributed by atoms with E-state index in [0.29, 0.717) is 22.4 Å². The summed E-state index contributed by atoms with van der Waals surface area (Å²) in [5, 5.41) is 11.3. The summed E-state index contributed by atoms with van der Waals surface area (Å²) in [6.07, 6.45) is -4.31. The summed E-state index contributed by atoms with van der Waals surface area (Å²) < 4.78 is 51.3. The lowest BCUT2D eigenvalue weighted by atomic mass is 9.83. The lowest BCUT2D eigenvalue weighted by molar-refractivity contribution is -0.137. The molecule has 1 amide bonds. The number of carbonyl (C=O) groups excluding carboxylic acids is 1. The molecule has 2 N–H and O–H groups in total. The molecule has 1 saturated heterocycles. The van der Waals surface area contributed by atoms with Crippen molar-refractivity contribution in [1.82, 2.24) is 14.5 Å². The van der Waals surface area contributed by atoms with Crippen molar-refractivity contribution in [3.05, 3.63) is 62.6 Å². The standard InChI is InChI=1S/C24H22F3N3O5S/c25-24(26,27)15-3-1-2-14(10-15)23(33)5-8-29(9-6-23)20(31)4-7-30-21(32)16-11-18-19(35-13-34-18)12-17(16)28-22(30)36/h1-3,10-12,33H,4-9,13H2,(H,28,36). The van der Waals surface area contributed by atoms with Crippen LogP contribution in [0, 0.1) is 4.77 Å². The van der Waals surface area contributed by atoms with Crippen LogP contribution in [-0.4, -0.2) is 45.3 Å². The second-order valence-electron chi connectivity index (χ2n) is 8.88. The van der Waals surface area contributed by atoms with Gasteiger partial charge < -0.3 is 24.5 Å². The van der Waals surface area contributed by atoms with Crippen LogP contribution in [0.15, 0.2) is 41.2 Å². The number of piperidine rings is 1. The Bertz CT molecular complexity index is 1460. The molecule has 3 aromatic rings. The molecule has 0 unspecified atom stereocenters. The third-order valence-electron chi connectivity index (χ3n) is 6.69. The normalized spacial score (nSPS) is 16.9. The number of aliphatic hydroxyl groups is 1. The quantitative estimate of drug-likeness (QED) is 0.509. The highest BCUT2D eigenvalue weighted by Crippen LogP contribution is 2.37. The number of benzene rings is 2. The topological polar surface area (TPSA) is 96.8 Å². The lowest BCUT2D eigenvalue weighted by Crippen LogP contribution is -2.45. The summed E-state index contributed by atoms with van der Waals surface area (Å²) in [5.74, 6) is 0.721. The second-order valence-corrected chi connectivity index (χ2v) is 9.27. The van der Waals surface area contributed by atoms with E-state index < -0.39 is 17.3 Å². The average molecular weight is 522 g/mol. The van der Waals surface area contributed by atoms with E-state index in [-0.39, 0.29) is 67.5 Å². The van der Waals surface area contributed by atoms with Crippen molar-refractivity contribution in [3.63, 3.8) is 0 Å². The zero-order valence-electron chi connectivity index (χ0n) is 18.9. The van der Waals surface area contributed by atoms with Crippen molar-refractivity contribution in [2.24, 2.45) is 0 Å². The van der Waals surface area contributed by atoms with Gasteiger partial charge in [0.1, 0.15) is 0 Å². The molecule has 8 nitrogen and oxygen atoms in total. The number of halogens is 3. The number of aromatic amines is 1. The Labute approximate surface area is 207 Å². The second kappa shape index (κ2) is 8.93. The monoisotopic (exact) mass is 521 g/mol. The van der Waals surface area contributed by atoms with Gasteiger partial charge in [0.05, 0.1) is 22.1 Å². The molecule has 190 valence electrons. The number of fused-ring (bicyclic) bond motifs is 2. The molecule has 12 heteroatoms. The molecule has 0 radical (unpaired) electrons. The molecule has 2 aliphatic rings. The number of H-pyrrole nitrogens is 1. The summed E-state index contributed by atoms with van der Waals surface area (Å²) in [7, 11) is 0. The van der Waals surface area contributed by atoms with E-state index in [4.69, 9.17) is 21.7 Å². The van der Waals surface area contributed by atoms with Crippen molar-refractivity contribution in [2.75, 3.05) is 19.9 Å². The van der Waals surface area contributed by atoms with Crippen LogP contribution in [0.4, 0.5) is 13.2 Å². The number of nitrogens with one attached hydrogen (secondary N) is 1. The maximum absolute atomic E-state index is 13.1. The molecule has 0 aliphatic carbocycles. The van der Waals surface area contributed by atoms with Gasteiger partial charge in [-0.05, 0) is 48.8 Å². The number of likely N-dealkylation sites (tertiary alicyclic amines) is 1. The van der Waals surface area contributed by atoms with Gasteiger partial charge in [-0.25, -0.2) is 0 Å². The van der Waals surface area contributed by atoms with Gasteiger partial charge >= 0.3 is 6.18 Å². The van der Waals surface area contributed by atoms with Crippen molar-refractivity contribution < 1.29 is 32.5 Å². The van der Waals surface area contributed by atoms with E-state index in [1.165, 1.54) is 16.7 Å². The highest BCUT2D eigenvalue weighted by Gasteiger charge is 2.38. The van der Waals surface area contributed by atoms with Gasteiger partial charge in [0.15, 0.2) is 16.3 Å². The molecule has 1 aromatic heterocycles. The summed E-state index contributed by atoms with van der Waals surface area (Å²) in [6.45, 7) is 0.461. The van der Waals surface area contributed by atoms with Crippen LogP contribution in [0.3, 0.4) is 0 Å². The van der Waals surface area contributed by atoms with Gasteiger partial charge in [0.25, 0.3) is 5.56 Å². The Balaban J connectivity index is 1.26. The lowest BCUT2D eigenvalue weighted by Gasteiger charge is -2.38. The van der Waals surface area contributed by atoms with E-state index in [1.54, 1.807) is 17.0 Å². The van der Waals surface area contributed by atoms with Crippen molar-refractivity contribution in [1.29, 1.82) is 0 Å². The minimum atomic E-state index is -4.51. The SMILES string of the molecule is O=C(CCn1c(=S)[nH]c2cc3c(cc2c1=O)OCO3)N1CCC(O)(c2cccc(C(F)(F)F)c2)CC1. The number of hydrogen-bond acceptors (Lipinski definition) is 6. The third-order valence-corrected chi connectivity index (χ3v) is 7.02. The Hall–Kier alpha value is -3.38. The minimum absolute atomic E-state index is 0.00453. The van der Waals surface area contributed by atoms with Crippen LogP contribution in [0.1, 0.15) is 30.4 Å². The van der Waals surface area contributed by atoms with E-state index in [9.17, 15) is 27.9 Å². The first-order chi connectivity index (χ1) is 17.0. The fourth-order valence-corrected chi connectivity index (χ4v) is 4.90. The van der Waals surface area contributed by atoms with E-state index in [2.05, 4.69) is 4.98 Å². The zero-order valence-corrected chi connectivity index (χ0v) is 19.7. The van der Waals surface area contributed by atoms with Crippen molar-refractivity contribution >= 4 is 29.0 Å². The van der Waals surface area contributed by atoms with Gasteiger partial charge in [0.2, 0.25) is 12.7 Å². The Morgan fingerprint density at radius 1 is 1.14 bits per heavy atom. The van der Waals surface area contributed by atoms with Gasteiger partial charge in [-0.2, -0.15) is 13.2 Å². The highest BCUT2D eigenvalue weighted by molar-refractivity contribution is 7.71. The van der Waals surface area contributed by atoms with Crippen molar-refractivity contribution in [3.8, 4) is 11.5 Å². The van der Waals surface area contributed by atoms with E-state index >= 15 is 0 Å². The number of aromatic nitrogens is 2. The maximum Gasteiger partial charge on any atom is 0.416 e. The number of rotatable bonds is 4. The van der Waals surface area contributed by atoms with Crippen LogP contribution in [-0.2, 0) is 23.1 Å². The number of carbonyl (C=O) groups is 1. The molecule has 1 fully saturated rings. The Kier molecular flexibility index (Phi) is 6.03. The molecule has 36 heavy (non-hydrogen) atoms. The molecular weight excluding hydrogens is 499 g/mol. The van der Waals surface area contributed by atoms with Crippen LogP contribution in [0.2, 0.25) is 0 Å². The molecule has 0 bridgehead atoms. The predicted molar refractivity (Wildman–Crippen MR) is 125 cm³/mol. The molecule has 0 atom stereocenters. The molecule has 0 saturated carbocycles. The number of alkyl halides is 3. The summed E-state index contributed by atoms with van der Waals surface area (Å²) in [4.78, 5) is 30.4. The molecule has 2 aliphatic heterocycles. The maximum atomic E-state index is 13.1. The molecule has 0 spiro atoms. The van der Waals surface area contributed by atoms with Crippen LogP contribution < -0.4 is 15.0 Å². The fourth-order valence-electron chi connectivity index (χ4n) is 4.61. The fraction of sp³-hybridized carbons (Fsp3) is 0.375. The molecule has 2 aromatic carbocycles. The summed E-state index contributed by atoms with van der Waals surface area (Å²) in [5.41, 5.74) is -1.96. The first kappa shape index (κ1) is 24.3. The number of nitrogens with zero attached hydrogens (tertiary/aromatic N) is 2. The van der Waals surface area contributed by atoms with E-state index in [1.807, 2.05) is 0 Å². The Morgan fingerprint density at radius 2 is 1.83 bits per heavy atom. The third kappa shape index (κ3) is 4.46. The van der Waals surface area contributed by atoms with Gasteiger partial charge in [-0.3, -0.25) is 14.2 Å². The molecule has 5 rings (SSSR count). The zero-order chi connectivity index (χ0) is 25.7. The number of hydrogen-bond donors (Lipinski definition) is 2. The van der Waals surface area contributed by atoms with Crippen LogP contribution in [0.5, 0.6) is 11.5 Å². The summed E-state index contributed by atoms with van der Waals surface area (Å²) in [6, 6.07) is 7.86. The van der Waals surface area contributed by atoms with Gasteiger partial charge in [-0.1, -0.05) is 12.1 Å². The smallest absolute Gasteiger partial charge is 0.416 e. The molecule has 3 heterocycles. The molecular formula is C24H22F3N3O5S. The first-order valence-electron chi connectivity index (χ1n) is 11.3. The Morgan fingerprint density at radius 3 is 2.53 bits per heavy atom.